The smallest absolute Gasteiger partial charge is 0.0344 e. The Labute approximate surface area is 107 Å². The lowest BCUT2D eigenvalue weighted by atomic mass is 9.94. The Balaban J connectivity index is 1.92. The number of nitrogens with zero attached hydrogens (tertiary/aromatic N) is 2. The third-order valence-electron chi connectivity index (χ3n) is 4.56. The second kappa shape index (κ2) is 6.72. The number of likely N-dealkylation sites (N-methyl/N-ethyl adjacent to an activating group) is 2. The van der Waals surface area contributed by atoms with Crippen LogP contribution in [-0.4, -0.2) is 62.2 Å². The van der Waals surface area contributed by atoms with Crippen molar-refractivity contribution in [3.05, 3.63) is 0 Å². The van der Waals surface area contributed by atoms with Crippen molar-refractivity contribution in [2.24, 2.45) is 0 Å². The van der Waals surface area contributed by atoms with E-state index in [1.165, 1.54) is 58.2 Å². The molecule has 2 aliphatic rings. The zero-order chi connectivity index (χ0) is 12.1. The molecule has 1 saturated carbocycles. The van der Waals surface area contributed by atoms with Gasteiger partial charge in [0.05, 0.1) is 0 Å². The molecule has 2 rings (SSSR count). The molecule has 1 unspecified atom stereocenters. The molecule has 100 valence electrons. The van der Waals surface area contributed by atoms with Gasteiger partial charge in [-0.25, -0.2) is 0 Å². The van der Waals surface area contributed by atoms with Crippen LogP contribution in [0, 0.1) is 0 Å². The summed E-state index contributed by atoms with van der Waals surface area (Å²) >= 11 is 0. The summed E-state index contributed by atoms with van der Waals surface area (Å²) < 4.78 is 0. The van der Waals surface area contributed by atoms with Gasteiger partial charge in [-0.15, -0.1) is 0 Å². The van der Waals surface area contributed by atoms with Gasteiger partial charge in [0, 0.05) is 25.2 Å². The summed E-state index contributed by atoms with van der Waals surface area (Å²) in [5.74, 6) is 0. The predicted octanol–water partition coefficient (Wildman–Crippen LogP) is 1.54. The minimum atomic E-state index is 0.699. The van der Waals surface area contributed by atoms with Gasteiger partial charge >= 0.3 is 0 Å². The average molecular weight is 239 g/mol. The maximum Gasteiger partial charge on any atom is 0.0344 e. The molecule has 17 heavy (non-hydrogen) atoms. The summed E-state index contributed by atoms with van der Waals surface area (Å²) in [7, 11) is 4.36. The van der Waals surface area contributed by atoms with Crippen LogP contribution < -0.4 is 5.32 Å². The van der Waals surface area contributed by atoms with Crippen molar-refractivity contribution < 1.29 is 0 Å². The Bertz CT molecular complexity index is 214. The molecule has 0 aromatic heterocycles. The van der Waals surface area contributed by atoms with Crippen LogP contribution in [0.3, 0.4) is 0 Å². The zero-order valence-corrected chi connectivity index (χ0v) is 11.6. The van der Waals surface area contributed by atoms with Gasteiger partial charge in [-0.1, -0.05) is 19.3 Å². The molecule has 3 heteroatoms. The van der Waals surface area contributed by atoms with Crippen molar-refractivity contribution in [1.82, 2.24) is 15.1 Å². The Morgan fingerprint density at radius 1 is 1.06 bits per heavy atom. The van der Waals surface area contributed by atoms with Crippen molar-refractivity contribution in [2.45, 2.75) is 50.6 Å². The van der Waals surface area contributed by atoms with Crippen molar-refractivity contribution in [3.8, 4) is 0 Å². The van der Waals surface area contributed by atoms with E-state index in [1.807, 2.05) is 0 Å². The van der Waals surface area contributed by atoms with Gasteiger partial charge in [-0.2, -0.15) is 0 Å². The monoisotopic (exact) mass is 239 g/mol. The molecular weight excluding hydrogens is 210 g/mol. The van der Waals surface area contributed by atoms with Crippen LogP contribution in [-0.2, 0) is 0 Å². The highest BCUT2D eigenvalue weighted by Crippen LogP contribution is 2.24. The van der Waals surface area contributed by atoms with Crippen molar-refractivity contribution >= 4 is 0 Å². The number of hydrogen-bond donors (Lipinski definition) is 1. The van der Waals surface area contributed by atoms with E-state index in [9.17, 15) is 0 Å². The van der Waals surface area contributed by atoms with E-state index in [4.69, 9.17) is 0 Å². The SMILES string of the molecule is CNCC1CN(C2CCCCC2)CCCN1C. The lowest BCUT2D eigenvalue weighted by Gasteiger charge is -2.36. The van der Waals surface area contributed by atoms with Gasteiger partial charge in [0.1, 0.15) is 0 Å². The quantitative estimate of drug-likeness (QED) is 0.806. The first kappa shape index (κ1) is 13.3. The Hall–Kier alpha value is -0.120. The maximum atomic E-state index is 3.35. The molecule has 2 fully saturated rings. The summed E-state index contributed by atoms with van der Waals surface area (Å²) in [4.78, 5) is 5.32. The van der Waals surface area contributed by atoms with Crippen molar-refractivity contribution in [1.29, 1.82) is 0 Å². The number of nitrogens with one attached hydrogen (secondary N) is 1. The molecule has 3 nitrogen and oxygen atoms in total. The highest BCUT2D eigenvalue weighted by molar-refractivity contribution is 4.84. The van der Waals surface area contributed by atoms with Crippen molar-refractivity contribution in [2.75, 3.05) is 40.3 Å². The molecule has 1 saturated heterocycles. The van der Waals surface area contributed by atoms with E-state index < -0.39 is 0 Å². The Kier molecular flexibility index (Phi) is 5.26. The zero-order valence-electron chi connectivity index (χ0n) is 11.6. The summed E-state index contributed by atoms with van der Waals surface area (Å²) in [6.07, 6.45) is 8.59. The first-order valence-electron chi connectivity index (χ1n) is 7.40. The van der Waals surface area contributed by atoms with Gasteiger partial charge in [0.15, 0.2) is 0 Å². The van der Waals surface area contributed by atoms with E-state index in [-0.39, 0.29) is 0 Å². The van der Waals surface area contributed by atoms with E-state index in [1.54, 1.807) is 0 Å². The van der Waals surface area contributed by atoms with Crippen LogP contribution in [0.4, 0.5) is 0 Å². The normalized spacial score (nSPS) is 30.4. The van der Waals surface area contributed by atoms with E-state index in [0.29, 0.717) is 6.04 Å². The minimum Gasteiger partial charge on any atom is -0.318 e. The van der Waals surface area contributed by atoms with Gasteiger partial charge in [-0.3, -0.25) is 4.90 Å². The predicted molar refractivity (Wildman–Crippen MR) is 73.4 cm³/mol. The number of rotatable bonds is 3. The van der Waals surface area contributed by atoms with Crippen LogP contribution in [0.2, 0.25) is 0 Å². The molecule has 0 aromatic carbocycles. The molecule has 0 aromatic rings. The lowest BCUT2D eigenvalue weighted by molar-refractivity contribution is 0.136. The molecule has 0 radical (unpaired) electrons. The third kappa shape index (κ3) is 3.67. The van der Waals surface area contributed by atoms with Gasteiger partial charge in [0.25, 0.3) is 0 Å². The summed E-state index contributed by atoms with van der Waals surface area (Å²) in [5, 5.41) is 3.35. The fraction of sp³-hybridized carbons (Fsp3) is 1.00. The molecule has 0 spiro atoms. The van der Waals surface area contributed by atoms with Crippen LogP contribution in [0.15, 0.2) is 0 Å². The lowest BCUT2D eigenvalue weighted by Crippen LogP contribution is -2.47. The fourth-order valence-electron chi connectivity index (χ4n) is 3.44. The Morgan fingerprint density at radius 2 is 1.82 bits per heavy atom. The largest absolute Gasteiger partial charge is 0.318 e. The molecule has 1 aliphatic heterocycles. The first-order chi connectivity index (χ1) is 8.31. The van der Waals surface area contributed by atoms with E-state index in [0.717, 1.165) is 12.6 Å². The highest BCUT2D eigenvalue weighted by Gasteiger charge is 2.27. The second-order valence-corrected chi connectivity index (χ2v) is 5.83. The fourth-order valence-corrected chi connectivity index (χ4v) is 3.44. The van der Waals surface area contributed by atoms with E-state index in [2.05, 4.69) is 29.2 Å². The van der Waals surface area contributed by atoms with E-state index >= 15 is 0 Å². The summed E-state index contributed by atoms with van der Waals surface area (Å²) in [6, 6.07) is 1.58. The van der Waals surface area contributed by atoms with Gasteiger partial charge in [-0.05, 0) is 46.4 Å². The van der Waals surface area contributed by atoms with Crippen LogP contribution >= 0.6 is 0 Å². The van der Waals surface area contributed by atoms with Crippen molar-refractivity contribution in [3.63, 3.8) is 0 Å². The van der Waals surface area contributed by atoms with Crippen LogP contribution in [0.25, 0.3) is 0 Å². The Morgan fingerprint density at radius 3 is 2.53 bits per heavy atom. The third-order valence-corrected chi connectivity index (χ3v) is 4.56. The minimum absolute atomic E-state index is 0.699. The topological polar surface area (TPSA) is 18.5 Å². The molecule has 1 N–H and O–H groups in total. The van der Waals surface area contributed by atoms with Gasteiger partial charge in [0.2, 0.25) is 0 Å². The molecule has 1 heterocycles. The highest BCUT2D eigenvalue weighted by atomic mass is 15.3. The maximum absolute atomic E-state index is 3.35. The molecule has 1 atom stereocenters. The first-order valence-corrected chi connectivity index (χ1v) is 7.40. The second-order valence-electron chi connectivity index (χ2n) is 5.83. The molecule has 0 bridgehead atoms. The van der Waals surface area contributed by atoms with Gasteiger partial charge < -0.3 is 10.2 Å². The standard InChI is InChI=1S/C14H29N3/c1-15-11-14-12-17(10-6-9-16(14)2)13-7-4-3-5-8-13/h13-15H,3-12H2,1-2H3. The molecular formula is C14H29N3. The van der Waals surface area contributed by atoms with Crippen LogP contribution in [0.1, 0.15) is 38.5 Å². The molecule has 0 amide bonds. The number of hydrogen-bond acceptors (Lipinski definition) is 3. The summed E-state index contributed by atoms with van der Waals surface area (Å²) in [6.45, 7) is 4.96. The average Bonchev–Trinajstić information content (AvgIpc) is 2.54. The van der Waals surface area contributed by atoms with Crippen LogP contribution in [0.5, 0.6) is 0 Å². The molecule has 1 aliphatic carbocycles. The summed E-state index contributed by atoms with van der Waals surface area (Å²) in [5.41, 5.74) is 0.